The Labute approximate surface area is 128 Å². The highest BCUT2D eigenvalue weighted by atomic mass is 35.5. The third kappa shape index (κ3) is 2.76. The summed E-state index contributed by atoms with van der Waals surface area (Å²) >= 11 is 5.82. The third-order valence-electron chi connectivity index (χ3n) is 3.68. The Hall–Kier alpha value is -1.21. The molecule has 2 heterocycles. The van der Waals surface area contributed by atoms with E-state index < -0.39 is 15.6 Å². The summed E-state index contributed by atoms with van der Waals surface area (Å²) < 4.78 is 26.5. The van der Waals surface area contributed by atoms with Crippen molar-refractivity contribution >= 4 is 32.5 Å². The van der Waals surface area contributed by atoms with Crippen molar-refractivity contribution in [1.82, 2.24) is 9.29 Å². The Bertz CT molecular complexity index is 805. The molecule has 1 atom stereocenters. The zero-order chi connectivity index (χ0) is 15.3. The number of aliphatic hydroxyl groups is 1. The van der Waals surface area contributed by atoms with Gasteiger partial charge in [0.1, 0.15) is 5.15 Å². The Morgan fingerprint density at radius 1 is 1.33 bits per heavy atom. The second-order valence-electron chi connectivity index (χ2n) is 5.57. The minimum absolute atomic E-state index is 0.117. The van der Waals surface area contributed by atoms with E-state index in [4.69, 9.17) is 11.6 Å². The molecule has 1 unspecified atom stereocenters. The molecule has 0 aliphatic carbocycles. The molecule has 1 aliphatic heterocycles. The van der Waals surface area contributed by atoms with Crippen molar-refractivity contribution in [3.05, 3.63) is 35.5 Å². The van der Waals surface area contributed by atoms with Crippen LogP contribution in [0.2, 0.25) is 5.15 Å². The average molecular weight is 327 g/mol. The van der Waals surface area contributed by atoms with Crippen LogP contribution in [0.3, 0.4) is 0 Å². The molecule has 2 aromatic rings. The number of hydrogen-bond donors (Lipinski definition) is 1. The Morgan fingerprint density at radius 2 is 2.10 bits per heavy atom. The molecule has 0 amide bonds. The largest absolute Gasteiger partial charge is 0.389 e. The monoisotopic (exact) mass is 326 g/mol. The van der Waals surface area contributed by atoms with Gasteiger partial charge in [-0.15, -0.1) is 0 Å². The van der Waals surface area contributed by atoms with Crippen molar-refractivity contribution in [3.8, 4) is 0 Å². The Balaban J connectivity index is 2.01. The summed E-state index contributed by atoms with van der Waals surface area (Å²) in [5.74, 6) is 0. The van der Waals surface area contributed by atoms with E-state index in [0.29, 0.717) is 29.0 Å². The molecule has 1 aromatic heterocycles. The Morgan fingerprint density at radius 3 is 2.76 bits per heavy atom. The van der Waals surface area contributed by atoms with E-state index in [1.165, 1.54) is 10.4 Å². The molecule has 1 saturated heterocycles. The van der Waals surface area contributed by atoms with Crippen LogP contribution >= 0.6 is 11.6 Å². The highest BCUT2D eigenvalue weighted by Crippen LogP contribution is 2.28. The minimum atomic E-state index is -3.60. The van der Waals surface area contributed by atoms with Gasteiger partial charge in [0.15, 0.2) is 0 Å². The molecule has 7 heteroatoms. The average Bonchev–Trinajstić information content (AvgIpc) is 2.79. The summed E-state index contributed by atoms with van der Waals surface area (Å²) in [6.07, 6.45) is 0.441. The summed E-state index contributed by atoms with van der Waals surface area (Å²) in [4.78, 5) is 4.34. The number of halogens is 1. The quantitative estimate of drug-likeness (QED) is 0.857. The fraction of sp³-hybridized carbons (Fsp3) is 0.357. The smallest absolute Gasteiger partial charge is 0.243 e. The minimum Gasteiger partial charge on any atom is -0.389 e. The summed E-state index contributed by atoms with van der Waals surface area (Å²) in [5, 5.41) is 11.0. The molecule has 0 bridgehead atoms. The number of β-amino-alcohol motifs (C(OH)–C–C–N with tert-alkyl or cyclic N) is 1. The first-order valence-electron chi connectivity index (χ1n) is 6.57. The highest BCUT2D eigenvalue weighted by Gasteiger charge is 2.38. The van der Waals surface area contributed by atoms with Crippen molar-refractivity contribution in [2.45, 2.75) is 23.8 Å². The number of nitrogens with zero attached hydrogens (tertiary/aromatic N) is 2. The lowest BCUT2D eigenvalue weighted by atomic mass is 10.1. The summed E-state index contributed by atoms with van der Waals surface area (Å²) in [5.41, 5.74) is -0.311. The zero-order valence-corrected chi connectivity index (χ0v) is 13.0. The summed E-state index contributed by atoms with van der Waals surface area (Å²) in [6, 6.07) is 8.11. The van der Waals surface area contributed by atoms with Crippen molar-refractivity contribution in [2.24, 2.45) is 0 Å². The molecule has 3 rings (SSSR count). The Kier molecular flexibility index (Phi) is 3.44. The molecular weight excluding hydrogens is 312 g/mol. The molecule has 0 radical (unpaired) electrons. The fourth-order valence-electron chi connectivity index (χ4n) is 2.50. The molecule has 5 nitrogen and oxygen atoms in total. The van der Waals surface area contributed by atoms with Gasteiger partial charge in [-0.1, -0.05) is 11.6 Å². The number of sulfonamides is 1. The van der Waals surface area contributed by atoms with Gasteiger partial charge >= 0.3 is 0 Å². The first-order valence-corrected chi connectivity index (χ1v) is 8.39. The van der Waals surface area contributed by atoms with Crippen LogP contribution in [0.15, 0.2) is 35.2 Å². The number of hydrogen-bond acceptors (Lipinski definition) is 4. The fourth-order valence-corrected chi connectivity index (χ4v) is 4.24. The number of fused-ring (bicyclic) bond motifs is 1. The normalized spacial score (nSPS) is 23.8. The lowest BCUT2D eigenvalue weighted by Crippen LogP contribution is -2.33. The third-order valence-corrected chi connectivity index (χ3v) is 5.73. The van der Waals surface area contributed by atoms with E-state index in [2.05, 4.69) is 4.98 Å². The van der Waals surface area contributed by atoms with E-state index in [0.717, 1.165) is 0 Å². The van der Waals surface area contributed by atoms with E-state index in [1.54, 1.807) is 31.2 Å². The first-order chi connectivity index (χ1) is 9.78. The lowest BCUT2D eigenvalue weighted by Gasteiger charge is -2.19. The molecule has 0 saturated carbocycles. The number of aromatic nitrogens is 1. The second kappa shape index (κ2) is 4.91. The molecule has 112 valence electrons. The predicted octanol–water partition coefficient (Wildman–Crippen LogP) is 2.03. The van der Waals surface area contributed by atoms with Gasteiger partial charge in [0.05, 0.1) is 16.0 Å². The lowest BCUT2D eigenvalue weighted by molar-refractivity contribution is 0.0762. The van der Waals surface area contributed by atoms with Crippen LogP contribution in [-0.2, 0) is 10.0 Å². The van der Waals surface area contributed by atoms with E-state index in [1.807, 2.05) is 0 Å². The van der Waals surface area contributed by atoms with Crippen molar-refractivity contribution in [1.29, 1.82) is 0 Å². The second-order valence-corrected chi connectivity index (χ2v) is 7.90. The SMILES string of the molecule is CC1(O)CCN(S(=O)(=O)c2ccc3nc(Cl)ccc3c2)C1. The van der Waals surface area contributed by atoms with Crippen LogP contribution in [0.1, 0.15) is 13.3 Å². The van der Waals surface area contributed by atoms with Crippen LogP contribution in [0.4, 0.5) is 0 Å². The van der Waals surface area contributed by atoms with Gasteiger partial charge < -0.3 is 5.11 Å². The molecule has 21 heavy (non-hydrogen) atoms. The maximum Gasteiger partial charge on any atom is 0.243 e. The van der Waals surface area contributed by atoms with Gasteiger partial charge in [-0.05, 0) is 43.7 Å². The summed E-state index contributed by atoms with van der Waals surface area (Å²) in [7, 11) is -3.60. The van der Waals surface area contributed by atoms with Gasteiger partial charge in [0, 0.05) is 18.5 Å². The maximum absolute atomic E-state index is 12.6. The molecule has 0 spiro atoms. The summed E-state index contributed by atoms with van der Waals surface area (Å²) in [6.45, 7) is 2.09. The number of rotatable bonds is 2. The van der Waals surface area contributed by atoms with Crippen LogP contribution in [-0.4, -0.2) is 41.5 Å². The van der Waals surface area contributed by atoms with Gasteiger partial charge in [0.25, 0.3) is 0 Å². The van der Waals surface area contributed by atoms with Gasteiger partial charge in [-0.25, -0.2) is 13.4 Å². The van der Waals surface area contributed by atoms with Crippen LogP contribution in [0.25, 0.3) is 10.9 Å². The molecular formula is C14H15ClN2O3S. The van der Waals surface area contributed by atoms with E-state index in [-0.39, 0.29) is 11.4 Å². The maximum atomic E-state index is 12.6. The van der Waals surface area contributed by atoms with Crippen LogP contribution in [0.5, 0.6) is 0 Å². The van der Waals surface area contributed by atoms with E-state index >= 15 is 0 Å². The highest BCUT2D eigenvalue weighted by molar-refractivity contribution is 7.89. The van der Waals surface area contributed by atoms with Crippen molar-refractivity contribution in [2.75, 3.05) is 13.1 Å². The van der Waals surface area contributed by atoms with Crippen molar-refractivity contribution in [3.63, 3.8) is 0 Å². The zero-order valence-electron chi connectivity index (χ0n) is 11.5. The molecule has 1 aliphatic rings. The molecule has 1 N–H and O–H groups in total. The van der Waals surface area contributed by atoms with Crippen LogP contribution in [0, 0.1) is 0 Å². The number of pyridine rings is 1. The van der Waals surface area contributed by atoms with Gasteiger partial charge in [0.2, 0.25) is 10.0 Å². The van der Waals surface area contributed by atoms with Crippen LogP contribution < -0.4 is 0 Å². The van der Waals surface area contributed by atoms with E-state index in [9.17, 15) is 13.5 Å². The molecule has 1 aromatic carbocycles. The van der Waals surface area contributed by atoms with Crippen molar-refractivity contribution < 1.29 is 13.5 Å². The van der Waals surface area contributed by atoms with Gasteiger partial charge in [-0.2, -0.15) is 4.31 Å². The van der Waals surface area contributed by atoms with Gasteiger partial charge in [-0.3, -0.25) is 0 Å². The predicted molar refractivity (Wildman–Crippen MR) is 80.8 cm³/mol. The molecule has 1 fully saturated rings. The standard InChI is InChI=1S/C14H15ClN2O3S/c1-14(18)6-7-17(9-14)21(19,20)11-3-4-12-10(8-11)2-5-13(15)16-12/h2-5,8,18H,6-7,9H2,1H3. The number of benzene rings is 1. The first kappa shape index (κ1) is 14.7. The topological polar surface area (TPSA) is 70.5 Å².